The zero-order chi connectivity index (χ0) is 15.0. The molecule has 0 aliphatic rings. The van der Waals surface area contributed by atoms with Crippen molar-refractivity contribution in [3.8, 4) is 0 Å². The van der Waals surface area contributed by atoms with Gasteiger partial charge in [0.15, 0.2) is 0 Å². The van der Waals surface area contributed by atoms with Gasteiger partial charge in [-0.3, -0.25) is 0 Å². The van der Waals surface area contributed by atoms with Gasteiger partial charge in [0, 0.05) is 12.2 Å². The summed E-state index contributed by atoms with van der Waals surface area (Å²) in [5, 5.41) is 3.36. The van der Waals surface area contributed by atoms with Crippen molar-refractivity contribution in [2.75, 3.05) is 18.5 Å². The van der Waals surface area contributed by atoms with E-state index in [-0.39, 0.29) is 5.97 Å². The van der Waals surface area contributed by atoms with Crippen LogP contribution in [0.15, 0.2) is 24.3 Å². The summed E-state index contributed by atoms with van der Waals surface area (Å²) in [6.07, 6.45) is 2.16. The zero-order valence-corrected chi connectivity index (χ0v) is 13.1. The Morgan fingerprint density at radius 1 is 1.20 bits per heavy atom. The highest BCUT2D eigenvalue weighted by atomic mass is 16.5. The highest BCUT2D eigenvalue weighted by Crippen LogP contribution is 2.14. The van der Waals surface area contributed by atoms with Crippen molar-refractivity contribution in [1.29, 1.82) is 0 Å². The van der Waals surface area contributed by atoms with E-state index in [1.54, 1.807) is 6.07 Å². The molecule has 2 unspecified atom stereocenters. The Labute approximate surface area is 122 Å². The first-order chi connectivity index (χ1) is 9.56. The van der Waals surface area contributed by atoms with Gasteiger partial charge in [0.1, 0.15) is 0 Å². The minimum atomic E-state index is -0.238. The minimum Gasteiger partial charge on any atom is -0.462 e. The van der Waals surface area contributed by atoms with Crippen molar-refractivity contribution in [2.24, 2.45) is 11.8 Å². The molecule has 0 amide bonds. The molecular weight excluding hydrogens is 250 g/mol. The van der Waals surface area contributed by atoms with Crippen molar-refractivity contribution in [2.45, 2.75) is 40.5 Å². The average Bonchev–Trinajstić information content (AvgIpc) is 2.49. The molecule has 112 valence electrons. The first-order valence-corrected chi connectivity index (χ1v) is 7.57. The van der Waals surface area contributed by atoms with Crippen molar-refractivity contribution in [1.82, 2.24) is 0 Å². The summed E-state index contributed by atoms with van der Waals surface area (Å²) < 4.78 is 5.32. The van der Waals surface area contributed by atoms with E-state index in [9.17, 15) is 4.79 Å². The SMILES string of the molecule is CCC(C)CNc1cccc(C(=O)OCC(C)CC)c1. The maximum atomic E-state index is 12.0. The summed E-state index contributed by atoms with van der Waals surface area (Å²) in [6.45, 7) is 9.96. The fourth-order valence-corrected chi connectivity index (χ4v) is 1.61. The maximum Gasteiger partial charge on any atom is 0.338 e. The third-order valence-electron chi connectivity index (χ3n) is 3.65. The molecule has 0 heterocycles. The summed E-state index contributed by atoms with van der Waals surface area (Å²) >= 11 is 0. The van der Waals surface area contributed by atoms with E-state index in [1.807, 2.05) is 18.2 Å². The van der Waals surface area contributed by atoms with E-state index in [0.717, 1.165) is 25.1 Å². The molecular formula is C17H27NO2. The highest BCUT2D eigenvalue weighted by Gasteiger charge is 2.09. The van der Waals surface area contributed by atoms with Gasteiger partial charge in [-0.1, -0.05) is 46.6 Å². The van der Waals surface area contributed by atoms with E-state index in [0.29, 0.717) is 24.0 Å². The van der Waals surface area contributed by atoms with Crippen LogP contribution >= 0.6 is 0 Å². The Kier molecular flexibility index (Phi) is 7.13. The second-order valence-electron chi connectivity index (χ2n) is 5.59. The Balaban J connectivity index is 2.56. The molecule has 0 fully saturated rings. The van der Waals surface area contributed by atoms with Gasteiger partial charge in [0.25, 0.3) is 0 Å². The fourth-order valence-electron chi connectivity index (χ4n) is 1.61. The van der Waals surface area contributed by atoms with Crippen molar-refractivity contribution in [3.63, 3.8) is 0 Å². The van der Waals surface area contributed by atoms with Gasteiger partial charge in [0.05, 0.1) is 12.2 Å². The van der Waals surface area contributed by atoms with Crippen LogP contribution in [0.4, 0.5) is 5.69 Å². The molecule has 3 nitrogen and oxygen atoms in total. The number of carbonyl (C=O) groups is 1. The molecule has 1 rings (SSSR count). The van der Waals surface area contributed by atoms with Crippen LogP contribution in [-0.2, 0) is 4.74 Å². The predicted octanol–water partition coefficient (Wildman–Crippen LogP) is 4.35. The number of anilines is 1. The molecule has 0 bridgehead atoms. The monoisotopic (exact) mass is 277 g/mol. The van der Waals surface area contributed by atoms with Crippen LogP contribution in [0.25, 0.3) is 0 Å². The molecule has 20 heavy (non-hydrogen) atoms. The number of rotatable bonds is 8. The van der Waals surface area contributed by atoms with Crippen LogP contribution in [0, 0.1) is 11.8 Å². The van der Waals surface area contributed by atoms with E-state index in [1.165, 1.54) is 0 Å². The van der Waals surface area contributed by atoms with Gasteiger partial charge in [0.2, 0.25) is 0 Å². The maximum absolute atomic E-state index is 12.0. The average molecular weight is 277 g/mol. The van der Waals surface area contributed by atoms with Gasteiger partial charge < -0.3 is 10.1 Å². The third-order valence-corrected chi connectivity index (χ3v) is 3.65. The summed E-state index contributed by atoms with van der Waals surface area (Å²) in [4.78, 5) is 12.0. The smallest absolute Gasteiger partial charge is 0.338 e. The standard InChI is InChI=1S/C17H27NO2/c1-5-13(3)11-18-16-9-7-8-15(10-16)17(19)20-12-14(4)6-2/h7-10,13-14,18H,5-6,11-12H2,1-4H3. The molecule has 2 atom stereocenters. The van der Waals surface area contributed by atoms with Gasteiger partial charge >= 0.3 is 5.97 Å². The van der Waals surface area contributed by atoms with Gasteiger partial charge in [-0.15, -0.1) is 0 Å². The first kappa shape index (κ1) is 16.5. The van der Waals surface area contributed by atoms with Crippen LogP contribution in [0.1, 0.15) is 50.9 Å². The molecule has 0 saturated carbocycles. The fraction of sp³-hybridized carbons (Fsp3) is 0.588. The number of ether oxygens (including phenoxy) is 1. The molecule has 1 aromatic rings. The van der Waals surface area contributed by atoms with Crippen LogP contribution < -0.4 is 5.32 Å². The lowest BCUT2D eigenvalue weighted by Crippen LogP contribution is -2.13. The van der Waals surface area contributed by atoms with Crippen molar-refractivity contribution < 1.29 is 9.53 Å². The second-order valence-corrected chi connectivity index (χ2v) is 5.59. The molecule has 1 N–H and O–H groups in total. The lowest BCUT2D eigenvalue weighted by Gasteiger charge is -2.13. The lowest BCUT2D eigenvalue weighted by atomic mass is 10.1. The second kappa shape index (κ2) is 8.62. The first-order valence-electron chi connectivity index (χ1n) is 7.57. The molecule has 0 spiro atoms. The molecule has 0 radical (unpaired) electrons. The number of hydrogen-bond donors (Lipinski definition) is 1. The molecule has 0 aromatic heterocycles. The molecule has 1 aromatic carbocycles. The molecule has 0 saturated heterocycles. The summed E-state index contributed by atoms with van der Waals surface area (Å²) in [7, 11) is 0. The Morgan fingerprint density at radius 3 is 2.55 bits per heavy atom. The van der Waals surface area contributed by atoms with Gasteiger partial charge in [-0.05, 0) is 30.0 Å². The van der Waals surface area contributed by atoms with E-state index >= 15 is 0 Å². The van der Waals surface area contributed by atoms with Crippen LogP contribution in [-0.4, -0.2) is 19.1 Å². The van der Waals surface area contributed by atoms with Crippen LogP contribution in [0.3, 0.4) is 0 Å². The summed E-state index contributed by atoms with van der Waals surface area (Å²) in [6, 6.07) is 7.53. The van der Waals surface area contributed by atoms with E-state index < -0.39 is 0 Å². The number of hydrogen-bond acceptors (Lipinski definition) is 3. The Bertz CT molecular complexity index is 417. The number of nitrogens with one attached hydrogen (secondary N) is 1. The van der Waals surface area contributed by atoms with Crippen LogP contribution in [0.2, 0.25) is 0 Å². The van der Waals surface area contributed by atoms with Crippen molar-refractivity contribution in [3.05, 3.63) is 29.8 Å². The molecule has 0 aliphatic carbocycles. The van der Waals surface area contributed by atoms with Crippen molar-refractivity contribution >= 4 is 11.7 Å². The minimum absolute atomic E-state index is 0.238. The normalized spacial score (nSPS) is 13.6. The topological polar surface area (TPSA) is 38.3 Å². The van der Waals surface area contributed by atoms with E-state index in [4.69, 9.17) is 4.74 Å². The number of esters is 1. The number of carbonyl (C=O) groups excluding carboxylic acids is 1. The Morgan fingerprint density at radius 2 is 1.90 bits per heavy atom. The Hall–Kier alpha value is -1.51. The van der Waals surface area contributed by atoms with Crippen LogP contribution in [0.5, 0.6) is 0 Å². The molecule has 0 aliphatic heterocycles. The molecule has 3 heteroatoms. The van der Waals surface area contributed by atoms with Gasteiger partial charge in [-0.2, -0.15) is 0 Å². The largest absolute Gasteiger partial charge is 0.462 e. The quantitative estimate of drug-likeness (QED) is 0.718. The predicted molar refractivity (Wildman–Crippen MR) is 84.1 cm³/mol. The zero-order valence-electron chi connectivity index (χ0n) is 13.1. The third kappa shape index (κ3) is 5.64. The number of benzene rings is 1. The highest BCUT2D eigenvalue weighted by molar-refractivity contribution is 5.90. The van der Waals surface area contributed by atoms with Gasteiger partial charge in [-0.25, -0.2) is 4.79 Å². The van der Waals surface area contributed by atoms with E-state index in [2.05, 4.69) is 33.0 Å². The lowest BCUT2D eigenvalue weighted by molar-refractivity contribution is 0.0447. The summed E-state index contributed by atoms with van der Waals surface area (Å²) in [5.74, 6) is 0.791. The summed E-state index contributed by atoms with van der Waals surface area (Å²) in [5.41, 5.74) is 1.59.